The molecule has 1 fully saturated rings. The summed E-state index contributed by atoms with van der Waals surface area (Å²) in [5.74, 6) is -0.729. The van der Waals surface area contributed by atoms with E-state index < -0.39 is 11.4 Å². The summed E-state index contributed by atoms with van der Waals surface area (Å²) >= 11 is 0. The lowest BCUT2D eigenvalue weighted by atomic mass is 10.1. The van der Waals surface area contributed by atoms with Crippen LogP contribution in [0.2, 0.25) is 0 Å². The molecule has 1 aliphatic rings. The number of benzene rings is 1. The minimum absolute atomic E-state index is 0.126. The maximum atomic E-state index is 12.9. The standard InChI is InChI=1S/C12H15FN2O2/c1-12(17)4-5-15(7-12)11(16)9-3-2-8(13)6-10(9)14/h2-3,6,17H,4-5,7,14H2,1H3. The quantitative estimate of drug-likeness (QED) is 0.717. The van der Waals surface area contributed by atoms with E-state index in [4.69, 9.17) is 5.73 Å². The average Bonchev–Trinajstić information content (AvgIpc) is 2.58. The number of nitrogen functional groups attached to an aromatic ring is 1. The molecular formula is C12H15FN2O2. The van der Waals surface area contributed by atoms with E-state index in [1.165, 1.54) is 17.0 Å². The van der Waals surface area contributed by atoms with Crippen molar-refractivity contribution in [1.82, 2.24) is 4.90 Å². The van der Waals surface area contributed by atoms with Crippen LogP contribution in [0.4, 0.5) is 10.1 Å². The van der Waals surface area contributed by atoms with Gasteiger partial charge in [-0.15, -0.1) is 0 Å². The van der Waals surface area contributed by atoms with Gasteiger partial charge in [0.05, 0.1) is 11.2 Å². The Balaban J connectivity index is 2.21. The predicted molar refractivity (Wildman–Crippen MR) is 62.0 cm³/mol. The third kappa shape index (κ3) is 2.39. The molecule has 0 spiro atoms. The van der Waals surface area contributed by atoms with Gasteiger partial charge < -0.3 is 15.7 Å². The Bertz CT molecular complexity index is 460. The maximum absolute atomic E-state index is 12.9. The minimum Gasteiger partial charge on any atom is -0.398 e. The van der Waals surface area contributed by atoms with Crippen LogP contribution in [-0.4, -0.2) is 34.6 Å². The number of aliphatic hydroxyl groups is 1. The fourth-order valence-electron chi connectivity index (χ4n) is 2.02. The van der Waals surface area contributed by atoms with E-state index in [1.54, 1.807) is 6.92 Å². The highest BCUT2D eigenvalue weighted by Crippen LogP contribution is 2.24. The molecular weight excluding hydrogens is 223 g/mol. The van der Waals surface area contributed by atoms with Gasteiger partial charge in [0.25, 0.3) is 5.91 Å². The van der Waals surface area contributed by atoms with Crippen molar-refractivity contribution < 1.29 is 14.3 Å². The monoisotopic (exact) mass is 238 g/mol. The minimum atomic E-state index is -0.843. The zero-order valence-electron chi connectivity index (χ0n) is 9.61. The van der Waals surface area contributed by atoms with Crippen molar-refractivity contribution in [3.8, 4) is 0 Å². The third-order valence-corrected chi connectivity index (χ3v) is 2.98. The van der Waals surface area contributed by atoms with Crippen LogP contribution < -0.4 is 5.73 Å². The number of anilines is 1. The van der Waals surface area contributed by atoms with Crippen LogP contribution in [0.3, 0.4) is 0 Å². The molecule has 0 aliphatic carbocycles. The number of nitrogens with zero attached hydrogens (tertiary/aromatic N) is 1. The first-order valence-corrected chi connectivity index (χ1v) is 5.46. The van der Waals surface area contributed by atoms with E-state index in [9.17, 15) is 14.3 Å². The number of likely N-dealkylation sites (tertiary alicyclic amines) is 1. The van der Waals surface area contributed by atoms with Gasteiger partial charge in [-0.05, 0) is 31.5 Å². The zero-order chi connectivity index (χ0) is 12.6. The van der Waals surface area contributed by atoms with Crippen molar-refractivity contribution in [3.05, 3.63) is 29.6 Å². The van der Waals surface area contributed by atoms with Crippen LogP contribution >= 0.6 is 0 Å². The normalized spacial score (nSPS) is 24.1. The molecule has 3 N–H and O–H groups in total. The van der Waals surface area contributed by atoms with Gasteiger partial charge in [0.1, 0.15) is 5.82 Å². The average molecular weight is 238 g/mol. The van der Waals surface area contributed by atoms with E-state index in [0.717, 1.165) is 6.07 Å². The van der Waals surface area contributed by atoms with Crippen LogP contribution in [-0.2, 0) is 0 Å². The molecule has 1 aromatic rings. The predicted octanol–water partition coefficient (Wildman–Crippen LogP) is 1.00. The van der Waals surface area contributed by atoms with Gasteiger partial charge >= 0.3 is 0 Å². The lowest BCUT2D eigenvalue weighted by Crippen LogP contribution is -2.34. The molecule has 1 aromatic carbocycles. The summed E-state index contributed by atoms with van der Waals surface area (Å²) in [5, 5.41) is 9.79. The molecule has 2 rings (SSSR count). The van der Waals surface area contributed by atoms with Gasteiger partial charge in [-0.25, -0.2) is 4.39 Å². The van der Waals surface area contributed by atoms with Crippen LogP contribution in [0.1, 0.15) is 23.7 Å². The molecule has 1 heterocycles. The summed E-state index contributed by atoms with van der Waals surface area (Å²) in [6.07, 6.45) is 0.542. The molecule has 4 nitrogen and oxygen atoms in total. The Kier molecular flexibility index (Phi) is 2.79. The van der Waals surface area contributed by atoms with Gasteiger partial charge in [-0.1, -0.05) is 0 Å². The summed E-state index contributed by atoms with van der Waals surface area (Å²) in [5.41, 5.74) is 5.17. The number of hydrogen-bond acceptors (Lipinski definition) is 3. The van der Waals surface area contributed by atoms with Crippen molar-refractivity contribution in [2.24, 2.45) is 0 Å². The summed E-state index contributed by atoms with van der Waals surface area (Å²) in [6.45, 7) is 2.46. The van der Waals surface area contributed by atoms with E-state index in [1.807, 2.05) is 0 Å². The van der Waals surface area contributed by atoms with E-state index >= 15 is 0 Å². The van der Waals surface area contributed by atoms with Crippen LogP contribution in [0.25, 0.3) is 0 Å². The lowest BCUT2D eigenvalue weighted by Gasteiger charge is -2.19. The lowest BCUT2D eigenvalue weighted by molar-refractivity contribution is 0.0572. The summed E-state index contributed by atoms with van der Waals surface area (Å²) < 4.78 is 12.9. The van der Waals surface area contributed by atoms with E-state index in [0.29, 0.717) is 13.0 Å². The molecule has 1 atom stereocenters. The molecule has 1 unspecified atom stereocenters. The molecule has 92 valence electrons. The smallest absolute Gasteiger partial charge is 0.256 e. The molecule has 1 aliphatic heterocycles. The van der Waals surface area contributed by atoms with Gasteiger partial charge in [-0.2, -0.15) is 0 Å². The molecule has 0 bridgehead atoms. The first-order chi connectivity index (χ1) is 7.89. The number of carbonyl (C=O) groups excluding carboxylic acids is 1. The van der Waals surface area contributed by atoms with Gasteiger partial charge in [0, 0.05) is 18.8 Å². The van der Waals surface area contributed by atoms with E-state index in [-0.39, 0.29) is 23.7 Å². The fraction of sp³-hybridized carbons (Fsp3) is 0.417. The Hall–Kier alpha value is -1.62. The van der Waals surface area contributed by atoms with Crippen LogP contribution in [0.15, 0.2) is 18.2 Å². The Morgan fingerprint density at radius 2 is 2.29 bits per heavy atom. The highest BCUT2D eigenvalue weighted by atomic mass is 19.1. The van der Waals surface area contributed by atoms with E-state index in [2.05, 4.69) is 0 Å². The summed E-state index contributed by atoms with van der Waals surface area (Å²) in [4.78, 5) is 13.6. The molecule has 1 amide bonds. The molecule has 0 aromatic heterocycles. The maximum Gasteiger partial charge on any atom is 0.256 e. The van der Waals surface area contributed by atoms with Crippen molar-refractivity contribution in [2.75, 3.05) is 18.8 Å². The third-order valence-electron chi connectivity index (χ3n) is 2.98. The van der Waals surface area contributed by atoms with Gasteiger partial charge in [0.2, 0.25) is 0 Å². The van der Waals surface area contributed by atoms with Crippen molar-refractivity contribution in [2.45, 2.75) is 18.9 Å². The Morgan fingerprint density at radius 3 is 2.82 bits per heavy atom. The van der Waals surface area contributed by atoms with Crippen molar-refractivity contribution in [1.29, 1.82) is 0 Å². The fourth-order valence-corrected chi connectivity index (χ4v) is 2.02. The van der Waals surface area contributed by atoms with Gasteiger partial charge in [-0.3, -0.25) is 4.79 Å². The summed E-state index contributed by atoms with van der Waals surface area (Å²) in [7, 11) is 0. The molecule has 1 saturated heterocycles. The molecule has 0 saturated carbocycles. The SMILES string of the molecule is CC1(O)CCN(C(=O)c2ccc(F)cc2N)C1. The van der Waals surface area contributed by atoms with Crippen LogP contribution in [0, 0.1) is 5.82 Å². The number of amides is 1. The number of β-amino-alcohol motifs (C(OH)–C–C–N with tert-alkyl or cyclic N) is 1. The Morgan fingerprint density at radius 1 is 1.59 bits per heavy atom. The Labute approximate surface area is 98.8 Å². The second-order valence-corrected chi connectivity index (χ2v) is 4.71. The number of halogens is 1. The van der Waals surface area contributed by atoms with Crippen molar-refractivity contribution >= 4 is 11.6 Å². The second-order valence-electron chi connectivity index (χ2n) is 4.71. The van der Waals surface area contributed by atoms with Crippen molar-refractivity contribution in [3.63, 3.8) is 0 Å². The second kappa shape index (κ2) is 4.00. The summed E-state index contributed by atoms with van der Waals surface area (Å²) in [6, 6.07) is 3.71. The number of rotatable bonds is 1. The topological polar surface area (TPSA) is 66.6 Å². The number of carbonyl (C=O) groups is 1. The first kappa shape index (κ1) is 11.9. The molecule has 5 heteroatoms. The molecule has 17 heavy (non-hydrogen) atoms. The number of hydrogen-bond donors (Lipinski definition) is 2. The largest absolute Gasteiger partial charge is 0.398 e. The highest BCUT2D eigenvalue weighted by molar-refractivity contribution is 5.99. The number of nitrogens with two attached hydrogens (primary N) is 1. The molecule has 0 radical (unpaired) electrons. The van der Waals surface area contributed by atoms with Crippen LogP contribution in [0.5, 0.6) is 0 Å². The zero-order valence-corrected chi connectivity index (χ0v) is 9.61. The van der Waals surface area contributed by atoms with Gasteiger partial charge in [0.15, 0.2) is 0 Å². The first-order valence-electron chi connectivity index (χ1n) is 5.46. The highest BCUT2D eigenvalue weighted by Gasteiger charge is 2.34.